The van der Waals surface area contributed by atoms with Gasteiger partial charge >= 0.3 is 5.97 Å². The Morgan fingerprint density at radius 3 is 2.33 bits per heavy atom. The minimum Gasteiger partial charge on any atom is -0.480 e. The van der Waals surface area contributed by atoms with Crippen LogP contribution in [0.2, 0.25) is 0 Å². The van der Waals surface area contributed by atoms with Crippen LogP contribution in [0.5, 0.6) is 0 Å². The highest BCUT2D eigenvalue weighted by atomic mass is 16.6. The Kier molecular flexibility index (Phi) is 4.98. The van der Waals surface area contributed by atoms with Crippen LogP contribution in [0.25, 0.3) is 0 Å². The molecule has 7 nitrogen and oxygen atoms in total. The number of benzene rings is 1. The molecule has 1 aliphatic heterocycles. The van der Waals surface area contributed by atoms with Crippen LogP contribution in [-0.4, -0.2) is 48.8 Å². The van der Waals surface area contributed by atoms with E-state index in [1.54, 1.807) is 6.07 Å². The highest BCUT2D eigenvalue weighted by Crippen LogP contribution is 2.37. The summed E-state index contributed by atoms with van der Waals surface area (Å²) in [4.78, 5) is 13.8. The van der Waals surface area contributed by atoms with Crippen molar-refractivity contribution in [1.29, 1.82) is 10.5 Å². The maximum atomic E-state index is 12.3. The summed E-state index contributed by atoms with van der Waals surface area (Å²) in [5.74, 6) is -0.719. The largest absolute Gasteiger partial charge is 0.480 e. The Hall–Kier alpha value is -3.16. The van der Waals surface area contributed by atoms with E-state index in [0.29, 0.717) is 0 Å². The van der Waals surface area contributed by atoms with Crippen LogP contribution < -0.4 is 0 Å². The topological polar surface area (TPSA) is 107 Å². The van der Waals surface area contributed by atoms with Crippen LogP contribution in [0.3, 0.4) is 0 Å². The molecule has 0 aliphatic carbocycles. The lowest BCUT2D eigenvalue weighted by Crippen LogP contribution is -2.63. The van der Waals surface area contributed by atoms with E-state index in [1.807, 2.05) is 36.4 Å². The standard InChI is InChI=1S/C17H15N3O4/c1-23-15(21)14(8-18)17(11-19,16(22)24-2)20-9-13(10-20)12-6-4-3-5-7-12/h3-7H,9-10H2,1-2H3/p+1/t17-/m0/s1. The van der Waals surface area contributed by atoms with Crippen molar-refractivity contribution in [2.75, 3.05) is 27.3 Å². The number of nitrogens with zero attached hydrogens (tertiary/aromatic N) is 3. The van der Waals surface area contributed by atoms with Gasteiger partial charge in [-0.15, -0.1) is 0 Å². The van der Waals surface area contributed by atoms with E-state index in [0.717, 1.165) is 25.7 Å². The van der Waals surface area contributed by atoms with E-state index in [-0.39, 0.29) is 13.1 Å². The molecular formula is C17H16N3O4+. The van der Waals surface area contributed by atoms with Crippen molar-refractivity contribution in [3.63, 3.8) is 0 Å². The second-order valence-corrected chi connectivity index (χ2v) is 5.14. The molecule has 0 unspecified atom stereocenters. The molecule has 1 aromatic rings. The van der Waals surface area contributed by atoms with Crippen molar-refractivity contribution >= 4 is 5.97 Å². The van der Waals surface area contributed by atoms with Gasteiger partial charge < -0.3 is 14.6 Å². The molecular weight excluding hydrogens is 310 g/mol. The third-order valence-electron chi connectivity index (χ3n) is 3.94. The minimum absolute atomic E-state index is 0.287. The van der Waals surface area contributed by atoms with Gasteiger partial charge in [0.2, 0.25) is 0 Å². The van der Waals surface area contributed by atoms with Gasteiger partial charge in [-0.05, 0) is 18.2 Å². The lowest BCUT2D eigenvalue weighted by atomic mass is 9.81. The maximum Gasteiger partial charge on any atom is 0.347 e. The number of aliphatic hydroxyl groups is 1. The second-order valence-electron chi connectivity index (χ2n) is 5.14. The van der Waals surface area contributed by atoms with Crippen molar-refractivity contribution in [1.82, 2.24) is 4.90 Å². The summed E-state index contributed by atoms with van der Waals surface area (Å²) < 4.78 is 9.37. The molecule has 1 saturated heterocycles. The fourth-order valence-corrected chi connectivity index (χ4v) is 2.60. The van der Waals surface area contributed by atoms with Crippen molar-refractivity contribution in [3.05, 3.63) is 53.3 Å². The first-order valence-electron chi connectivity index (χ1n) is 7.07. The lowest BCUT2D eigenvalue weighted by molar-refractivity contribution is -0.150. The zero-order valence-corrected chi connectivity index (χ0v) is 13.3. The number of ether oxygens (including phenoxy) is 2. The smallest absolute Gasteiger partial charge is 0.347 e. The SMILES string of the molecule is COC(=O)[C@](C#N)(C(C#N)=C(O)OC)N1C[C+](c2ccccc2)C1. The van der Waals surface area contributed by atoms with Gasteiger partial charge in [0.05, 0.1) is 33.2 Å². The molecule has 24 heavy (non-hydrogen) atoms. The number of hydrogen-bond donors (Lipinski definition) is 1. The van der Waals surface area contributed by atoms with E-state index in [9.17, 15) is 20.4 Å². The summed E-state index contributed by atoms with van der Waals surface area (Å²) in [6, 6.07) is 13.0. The van der Waals surface area contributed by atoms with Crippen molar-refractivity contribution in [2.45, 2.75) is 5.54 Å². The number of aliphatic hydroxyl groups excluding tert-OH is 1. The summed E-state index contributed by atoms with van der Waals surface area (Å²) in [6.07, 6.45) is 0. The van der Waals surface area contributed by atoms with Crippen LogP contribution in [0.4, 0.5) is 0 Å². The van der Waals surface area contributed by atoms with Gasteiger partial charge in [0.25, 0.3) is 11.5 Å². The summed E-state index contributed by atoms with van der Waals surface area (Å²) in [5.41, 5.74) is -1.56. The third kappa shape index (κ3) is 2.62. The van der Waals surface area contributed by atoms with Gasteiger partial charge in [-0.2, -0.15) is 10.5 Å². The Balaban J connectivity index is 2.39. The van der Waals surface area contributed by atoms with Crippen molar-refractivity contribution in [2.24, 2.45) is 0 Å². The van der Waals surface area contributed by atoms with Crippen LogP contribution in [0.15, 0.2) is 41.9 Å². The zero-order chi connectivity index (χ0) is 17.7. The van der Waals surface area contributed by atoms with E-state index in [1.165, 1.54) is 4.90 Å². The zero-order valence-electron chi connectivity index (χ0n) is 13.3. The van der Waals surface area contributed by atoms with Gasteiger partial charge in [0.15, 0.2) is 5.57 Å². The molecule has 0 amide bonds. The quantitative estimate of drug-likeness (QED) is 0.376. The number of likely N-dealkylation sites (tertiary alicyclic amines) is 1. The first kappa shape index (κ1) is 17.2. The number of methoxy groups -OCH3 is 2. The predicted molar refractivity (Wildman–Crippen MR) is 83.0 cm³/mol. The molecule has 0 radical (unpaired) electrons. The molecule has 0 bridgehead atoms. The van der Waals surface area contributed by atoms with E-state index in [2.05, 4.69) is 4.74 Å². The van der Waals surface area contributed by atoms with Crippen molar-refractivity contribution in [3.8, 4) is 12.1 Å². The number of carbonyl (C=O) groups is 1. The molecule has 0 aromatic heterocycles. The first-order valence-corrected chi connectivity index (χ1v) is 7.07. The number of hydrogen-bond acceptors (Lipinski definition) is 7. The number of carbonyl (C=O) groups excluding carboxylic acids is 1. The Morgan fingerprint density at radius 1 is 1.25 bits per heavy atom. The summed E-state index contributed by atoms with van der Waals surface area (Å²) in [6.45, 7) is 0.573. The molecule has 2 rings (SSSR count). The molecule has 0 saturated carbocycles. The molecule has 1 atom stereocenters. The van der Waals surface area contributed by atoms with Gasteiger partial charge in [-0.3, -0.25) is 0 Å². The molecule has 1 aromatic carbocycles. The van der Waals surface area contributed by atoms with Gasteiger partial charge in [0, 0.05) is 12.1 Å². The van der Waals surface area contributed by atoms with Crippen LogP contribution in [-0.2, 0) is 14.3 Å². The average Bonchev–Trinajstić information content (AvgIpc) is 2.59. The average molecular weight is 326 g/mol. The summed E-state index contributed by atoms with van der Waals surface area (Å²) >= 11 is 0. The highest BCUT2D eigenvalue weighted by Gasteiger charge is 2.58. The number of esters is 1. The summed E-state index contributed by atoms with van der Waals surface area (Å²) in [5, 5.41) is 28.8. The Bertz CT molecular complexity index is 726. The predicted octanol–water partition coefficient (Wildman–Crippen LogP) is 1.30. The fourth-order valence-electron chi connectivity index (χ4n) is 2.60. The molecule has 122 valence electrons. The molecule has 0 spiro atoms. The highest BCUT2D eigenvalue weighted by molar-refractivity contribution is 5.90. The normalized spacial score (nSPS) is 17.4. The van der Waals surface area contributed by atoms with Crippen LogP contribution >= 0.6 is 0 Å². The van der Waals surface area contributed by atoms with Crippen LogP contribution in [0.1, 0.15) is 5.56 Å². The third-order valence-corrected chi connectivity index (χ3v) is 3.94. The van der Waals surface area contributed by atoms with E-state index >= 15 is 0 Å². The maximum absolute atomic E-state index is 12.3. The molecule has 7 heteroatoms. The monoisotopic (exact) mass is 326 g/mol. The van der Waals surface area contributed by atoms with E-state index in [4.69, 9.17) is 4.74 Å². The second kappa shape index (κ2) is 6.95. The molecule has 1 aliphatic rings. The fraction of sp³-hybridized carbons (Fsp3) is 0.294. The van der Waals surface area contributed by atoms with Gasteiger partial charge in [-0.1, -0.05) is 0 Å². The minimum atomic E-state index is -2.05. The number of rotatable bonds is 5. The lowest BCUT2D eigenvalue weighted by Gasteiger charge is -2.43. The molecule has 1 N–H and O–H groups in total. The number of nitriles is 2. The first-order chi connectivity index (χ1) is 11.5. The van der Waals surface area contributed by atoms with Crippen LogP contribution in [0, 0.1) is 28.6 Å². The van der Waals surface area contributed by atoms with E-state index < -0.39 is 23.0 Å². The van der Waals surface area contributed by atoms with Gasteiger partial charge in [0.1, 0.15) is 17.7 Å². The Labute approximate surface area is 139 Å². The van der Waals surface area contributed by atoms with Gasteiger partial charge in [-0.25, -0.2) is 9.69 Å². The van der Waals surface area contributed by atoms with Crippen molar-refractivity contribution < 1.29 is 19.4 Å². The molecule has 1 heterocycles. The Morgan fingerprint density at radius 2 is 1.88 bits per heavy atom. The summed E-state index contributed by atoms with van der Waals surface area (Å²) in [7, 11) is 2.26. The molecule has 1 fully saturated rings.